The van der Waals surface area contributed by atoms with Gasteiger partial charge in [-0.1, -0.05) is 35.9 Å². The topological polar surface area (TPSA) is 100 Å². The van der Waals surface area contributed by atoms with Crippen LogP contribution >= 0.6 is 0 Å². The van der Waals surface area contributed by atoms with Gasteiger partial charge in [-0.2, -0.15) is 0 Å². The highest BCUT2D eigenvalue weighted by molar-refractivity contribution is 5.85. The molecule has 8 nitrogen and oxygen atoms in total. The van der Waals surface area contributed by atoms with Gasteiger partial charge in [-0.15, -0.1) is 0 Å². The number of nitrogens with zero attached hydrogens (tertiary/aromatic N) is 1. The second-order valence-corrected chi connectivity index (χ2v) is 10.00. The van der Waals surface area contributed by atoms with Crippen molar-refractivity contribution in [1.29, 1.82) is 0 Å². The number of halogens is 2. The van der Waals surface area contributed by atoms with E-state index in [0.717, 1.165) is 36.3 Å². The Labute approximate surface area is 221 Å². The van der Waals surface area contributed by atoms with Crippen molar-refractivity contribution < 1.29 is 38.0 Å². The third kappa shape index (κ3) is 7.13. The molecule has 1 aliphatic carbocycles. The SMILES string of the molecule is Cc1cccc(CO[C@]2(C(=O)NCCN3CCOCC3)CC(OCc3c(F)cccc3F)[C@H](O)[C@H](O)C2)c1. The molecule has 1 amide bonds. The van der Waals surface area contributed by atoms with Crippen molar-refractivity contribution in [3.63, 3.8) is 0 Å². The molecule has 2 aliphatic rings. The zero-order chi connectivity index (χ0) is 27.1. The lowest BCUT2D eigenvalue weighted by atomic mass is 9.78. The molecule has 2 aromatic carbocycles. The van der Waals surface area contributed by atoms with Crippen molar-refractivity contribution in [1.82, 2.24) is 10.2 Å². The maximum atomic E-state index is 14.2. The van der Waals surface area contributed by atoms with Gasteiger partial charge < -0.3 is 29.7 Å². The van der Waals surface area contributed by atoms with Crippen LogP contribution in [0.2, 0.25) is 0 Å². The van der Waals surface area contributed by atoms with Crippen molar-refractivity contribution in [3.05, 3.63) is 70.8 Å². The number of amides is 1. The van der Waals surface area contributed by atoms with Crippen molar-refractivity contribution in [2.45, 2.75) is 56.9 Å². The van der Waals surface area contributed by atoms with Crippen molar-refractivity contribution >= 4 is 5.91 Å². The van der Waals surface area contributed by atoms with E-state index in [-0.39, 0.29) is 25.0 Å². The van der Waals surface area contributed by atoms with Crippen molar-refractivity contribution in [3.8, 4) is 0 Å². The Morgan fingerprint density at radius 2 is 1.82 bits per heavy atom. The number of hydrogen-bond acceptors (Lipinski definition) is 7. The second-order valence-electron chi connectivity index (χ2n) is 10.00. The molecule has 1 aliphatic heterocycles. The Morgan fingerprint density at radius 3 is 2.53 bits per heavy atom. The Bertz CT molecular complexity index is 1060. The predicted octanol–water partition coefficient (Wildman–Crippen LogP) is 2.08. The van der Waals surface area contributed by atoms with Crippen LogP contribution in [0, 0.1) is 18.6 Å². The van der Waals surface area contributed by atoms with Crippen LogP contribution in [-0.2, 0) is 32.2 Å². The zero-order valence-corrected chi connectivity index (χ0v) is 21.6. The number of ether oxygens (including phenoxy) is 3. The lowest BCUT2D eigenvalue weighted by Crippen LogP contribution is -2.61. The highest BCUT2D eigenvalue weighted by Crippen LogP contribution is 2.36. The summed E-state index contributed by atoms with van der Waals surface area (Å²) in [4.78, 5) is 15.8. The maximum Gasteiger partial charge on any atom is 0.252 e. The molecule has 1 heterocycles. The first kappa shape index (κ1) is 28.5. The van der Waals surface area contributed by atoms with Gasteiger partial charge in [0, 0.05) is 44.6 Å². The van der Waals surface area contributed by atoms with Gasteiger partial charge in [0.25, 0.3) is 5.91 Å². The highest BCUT2D eigenvalue weighted by Gasteiger charge is 2.51. The average Bonchev–Trinajstić information content (AvgIpc) is 2.90. The fourth-order valence-corrected chi connectivity index (χ4v) is 4.96. The molecule has 0 spiro atoms. The van der Waals surface area contributed by atoms with Gasteiger partial charge in [-0.05, 0) is 24.6 Å². The number of carbonyl (C=O) groups excluding carboxylic acids is 1. The van der Waals surface area contributed by atoms with E-state index in [9.17, 15) is 23.8 Å². The summed E-state index contributed by atoms with van der Waals surface area (Å²) in [7, 11) is 0. The van der Waals surface area contributed by atoms with Crippen LogP contribution in [0.4, 0.5) is 8.78 Å². The Hall–Kier alpha value is -2.47. The largest absolute Gasteiger partial charge is 0.390 e. The summed E-state index contributed by atoms with van der Waals surface area (Å²) in [6.07, 6.45) is -4.06. The van der Waals surface area contributed by atoms with Crippen molar-refractivity contribution in [2.24, 2.45) is 0 Å². The number of rotatable bonds is 10. The molecule has 1 unspecified atom stereocenters. The van der Waals surface area contributed by atoms with Gasteiger partial charge in [-0.3, -0.25) is 9.69 Å². The predicted molar refractivity (Wildman–Crippen MR) is 135 cm³/mol. The van der Waals surface area contributed by atoms with E-state index >= 15 is 0 Å². The summed E-state index contributed by atoms with van der Waals surface area (Å²) in [5.74, 6) is -1.99. The molecule has 38 heavy (non-hydrogen) atoms. The number of aliphatic hydroxyl groups excluding tert-OH is 2. The number of carbonyl (C=O) groups is 1. The van der Waals surface area contributed by atoms with E-state index < -0.39 is 48.1 Å². The minimum Gasteiger partial charge on any atom is -0.390 e. The third-order valence-electron chi connectivity index (χ3n) is 7.18. The quantitative estimate of drug-likeness (QED) is 0.429. The maximum absolute atomic E-state index is 14.2. The van der Waals surface area contributed by atoms with E-state index in [2.05, 4.69) is 10.2 Å². The van der Waals surface area contributed by atoms with Gasteiger partial charge in [-0.25, -0.2) is 8.78 Å². The molecule has 0 bridgehead atoms. The van der Waals surface area contributed by atoms with Gasteiger partial charge in [0.05, 0.1) is 38.6 Å². The van der Waals surface area contributed by atoms with Gasteiger partial charge in [0.2, 0.25) is 0 Å². The highest BCUT2D eigenvalue weighted by atomic mass is 19.1. The van der Waals surface area contributed by atoms with Gasteiger partial charge >= 0.3 is 0 Å². The molecule has 208 valence electrons. The Morgan fingerprint density at radius 1 is 1.11 bits per heavy atom. The molecule has 1 saturated heterocycles. The zero-order valence-electron chi connectivity index (χ0n) is 21.6. The molecule has 0 aromatic heterocycles. The van der Waals surface area contributed by atoms with Crippen LogP contribution in [0.5, 0.6) is 0 Å². The summed E-state index contributed by atoms with van der Waals surface area (Å²) in [6, 6.07) is 11.1. The number of morpholine rings is 1. The number of nitrogens with one attached hydrogen (secondary N) is 1. The number of aryl methyl sites for hydroxylation is 1. The number of aliphatic hydroxyl groups is 2. The summed E-state index contributed by atoms with van der Waals surface area (Å²) < 4.78 is 45.6. The van der Waals surface area contributed by atoms with Crippen LogP contribution in [-0.4, -0.2) is 84.3 Å². The van der Waals surface area contributed by atoms with Gasteiger partial charge in [0.1, 0.15) is 17.7 Å². The number of benzene rings is 2. The second kappa shape index (κ2) is 13.1. The van der Waals surface area contributed by atoms with Crippen LogP contribution in [0.25, 0.3) is 0 Å². The minimum absolute atomic E-state index is 0.0933. The lowest BCUT2D eigenvalue weighted by molar-refractivity contribution is -0.200. The van der Waals surface area contributed by atoms with Gasteiger partial charge in [0.15, 0.2) is 5.60 Å². The first-order chi connectivity index (χ1) is 18.3. The smallest absolute Gasteiger partial charge is 0.252 e. The molecule has 10 heteroatoms. The molecule has 2 aromatic rings. The number of hydrogen-bond donors (Lipinski definition) is 3. The molecular formula is C28H36F2N2O6. The molecule has 1 saturated carbocycles. The van der Waals surface area contributed by atoms with Crippen LogP contribution in [0.3, 0.4) is 0 Å². The first-order valence-corrected chi connectivity index (χ1v) is 13.0. The monoisotopic (exact) mass is 534 g/mol. The van der Waals surface area contributed by atoms with E-state index in [1.165, 1.54) is 6.07 Å². The fourth-order valence-electron chi connectivity index (χ4n) is 4.96. The molecule has 4 atom stereocenters. The average molecular weight is 535 g/mol. The van der Waals surface area contributed by atoms with Crippen LogP contribution in [0.15, 0.2) is 42.5 Å². The van der Waals surface area contributed by atoms with E-state index in [4.69, 9.17) is 14.2 Å². The summed E-state index contributed by atoms with van der Waals surface area (Å²) >= 11 is 0. The molecular weight excluding hydrogens is 498 g/mol. The Kier molecular flexibility index (Phi) is 9.80. The van der Waals surface area contributed by atoms with E-state index in [1.807, 2.05) is 31.2 Å². The fraction of sp³-hybridized carbons (Fsp3) is 0.536. The van der Waals surface area contributed by atoms with Crippen LogP contribution < -0.4 is 5.32 Å². The molecule has 2 fully saturated rings. The minimum atomic E-state index is -1.52. The first-order valence-electron chi connectivity index (χ1n) is 13.0. The van der Waals surface area contributed by atoms with Crippen molar-refractivity contribution in [2.75, 3.05) is 39.4 Å². The standard InChI is InChI=1S/C28H36F2N2O6/c1-19-4-2-5-20(14-19)17-38-28(27(35)31-8-9-32-10-12-36-13-11-32)15-24(33)26(34)25(16-28)37-18-21-22(29)6-3-7-23(21)30/h2-7,14,24-26,33-34H,8-13,15-18H2,1H3,(H,31,35)/t24-,25?,26-,28+/m1/s1. The lowest BCUT2D eigenvalue weighted by Gasteiger charge is -2.44. The Balaban J connectivity index is 1.50. The third-order valence-corrected chi connectivity index (χ3v) is 7.18. The normalized spacial score (nSPS) is 26.3. The summed E-state index contributed by atoms with van der Waals surface area (Å²) in [6.45, 7) is 5.39. The summed E-state index contributed by atoms with van der Waals surface area (Å²) in [5, 5.41) is 24.3. The van der Waals surface area contributed by atoms with E-state index in [0.29, 0.717) is 26.3 Å². The molecule has 4 rings (SSSR count). The summed E-state index contributed by atoms with van der Waals surface area (Å²) in [5.41, 5.74) is 0.0617. The van der Waals surface area contributed by atoms with Crippen LogP contribution in [0.1, 0.15) is 29.5 Å². The molecule has 0 radical (unpaired) electrons. The van der Waals surface area contributed by atoms with E-state index in [1.54, 1.807) is 0 Å². The molecule has 3 N–H and O–H groups in total.